The molecule has 0 aliphatic heterocycles. The third-order valence-electron chi connectivity index (χ3n) is 3.63. The third kappa shape index (κ3) is 3.49. The van der Waals surface area contributed by atoms with E-state index in [0.717, 1.165) is 24.0 Å². The lowest BCUT2D eigenvalue weighted by Crippen LogP contribution is -2.11. The van der Waals surface area contributed by atoms with Crippen LogP contribution in [-0.4, -0.2) is 10.9 Å². The molecule has 2 aromatic carbocycles. The van der Waals surface area contributed by atoms with Crippen molar-refractivity contribution in [2.24, 2.45) is 0 Å². The van der Waals surface area contributed by atoms with E-state index in [-0.39, 0.29) is 5.91 Å². The van der Waals surface area contributed by atoms with Crippen molar-refractivity contribution in [1.29, 1.82) is 0 Å². The van der Waals surface area contributed by atoms with Crippen molar-refractivity contribution in [3.63, 3.8) is 0 Å². The molecule has 0 saturated heterocycles. The summed E-state index contributed by atoms with van der Waals surface area (Å²) in [4.78, 5) is 15.2. The topological polar surface area (TPSA) is 44.9 Å². The Balaban J connectivity index is 1.53. The molecule has 3 nitrogen and oxygen atoms in total. The zero-order valence-corrected chi connectivity index (χ0v) is 12.9. The summed E-state index contributed by atoms with van der Waals surface area (Å²) >= 11 is 5.90. The number of anilines is 1. The number of rotatable bonds is 5. The maximum atomic E-state index is 12.0. The van der Waals surface area contributed by atoms with Gasteiger partial charge in [0, 0.05) is 34.2 Å². The number of para-hydroxylation sites is 1. The van der Waals surface area contributed by atoms with Gasteiger partial charge in [-0.15, -0.1) is 0 Å². The van der Waals surface area contributed by atoms with Gasteiger partial charge in [0.15, 0.2) is 0 Å². The first kappa shape index (κ1) is 14.7. The van der Waals surface area contributed by atoms with Crippen molar-refractivity contribution in [2.45, 2.75) is 19.3 Å². The standard InChI is InChI=1S/C18H17ClN2O/c19-14-6-4-7-15(11-14)21-18(22)10-3-5-13-12-20-17-9-2-1-8-16(13)17/h1-2,4,6-9,11-12,20H,3,5,10H2,(H,21,22). The molecule has 3 rings (SSSR count). The molecule has 0 bridgehead atoms. The van der Waals surface area contributed by atoms with E-state index < -0.39 is 0 Å². The first-order valence-electron chi connectivity index (χ1n) is 7.33. The first-order valence-corrected chi connectivity index (χ1v) is 7.70. The smallest absolute Gasteiger partial charge is 0.224 e. The van der Waals surface area contributed by atoms with E-state index in [0.29, 0.717) is 11.4 Å². The van der Waals surface area contributed by atoms with Crippen molar-refractivity contribution in [1.82, 2.24) is 4.98 Å². The predicted molar refractivity (Wildman–Crippen MR) is 91.3 cm³/mol. The fourth-order valence-corrected chi connectivity index (χ4v) is 2.76. The van der Waals surface area contributed by atoms with Crippen LogP contribution in [0.4, 0.5) is 5.69 Å². The monoisotopic (exact) mass is 312 g/mol. The fourth-order valence-electron chi connectivity index (χ4n) is 2.57. The first-order chi connectivity index (χ1) is 10.7. The van der Waals surface area contributed by atoms with Crippen molar-refractivity contribution in [2.75, 3.05) is 5.32 Å². The van der Waals surface area contributed by atoms with Crippen LogP contribution in [0.5, 0.6) is 0 Å². The number of fused-ring (bicyclic) bond motifs is 1. The molecule has 0 spiro atoms. The maximum Gasteiger partial charge on any atom is 0.224 e. The summed E-state index contributed by atoms with van der Waals surface area (Å²) in [6.07, 6.45) is 4.22. The highest BCUT2D eigenvalue weighted by Gasteiger charge is 2.06. The highest BCUT2D eigenvalue weighted by molar-refractivity contribution is 6.30. The Hall–Kier alpha value is -2.26. The van der Waals surface area contributed by atoms with E-state index in [2.05, 4.69) is 22.4 Å². The van der Waals surface area contributed by atoms with Gasteiger partial charge in [0.1, 0.15) is 0 Å². The highest BCUT2D eigenvalue weighted by atomic mass is 35.5. The van der Waals surface area contributed by atoms with E-state index in [1.165, 1.54) is 10.9 Å². The SMILES string of the molecule is O=C(CCCc1c[nH]c2ccccc12)Nc1cccc(Cl)c1. The van der Waals surface area contributed by atoms with Gasteiger partial charge in [0.25, 0.3) is 0 Å². The average molecular weight is 313 g/mol. The number of H-pyrrole nitrogens is 1. The van der Waals surface area contributed by atoms with E-state index in [9.17, 15) is 4.79 Å². The van der Waals surface area contributed by atoms with Gasteiger partial charge in [-0.25, -0.2) is 0 Å². The lowest BCUT2D eigenvalue weighted by Gasteiger charge is -2.05. The number of carbonyl (C=O) groups excluding carboxylic acids is 1. The number of hydrogen-bond acceptors (Lipinski definition) is 1. The number of nitrogens with one attached hydrogen (secondary N) is 2. The maximum absolute atomic E-state index is 12.0. The van der Waals surface area contributed by atoms with Crippen LogP contribution in [0.15, 0.2) is 54.7 Å². The van der Waals surface area contributed by atoms with E-state index in [1.54, 1.807) is 12.1 Å². The average Bonchev–Trinajstić information content (AvgIpc) is 2.91. The minimum atomic E-state index is 0.0158. The molecule has 0 aliphatic rings. The highest BCUT2D eigenvalue weighted by Crippen LogP contribution is 2.20. The molecule has 1 aromatic heterocycles. The molecule has 0 unspecified atom stereocenters. The van der Waals surface area contributed by atoms with Gasteiger partial charge in [-0.2, -0.15) is 0 Å². The second-order valence-electron chi connectivity index (χ2n) is 5.27. The summed E-state index contributed by atoms with van der Waals surface area (Å²) in [5.41, 5.74) is 3.14. The summed E-state index contributed by atoms with van der Waals surface area (Å²) in [6.45, 7) is 0. The number of carbonyl (C=O) groups is 1. The fraction of sp³-hybridized carbons (Fsp3) is 0.167. The van der Waals surface area contributed by atoms with Gasteiger partial charge < -0.3 is 10.3 Å². The molecule has 3 aromatic rings. The molecule has 2 N–H and O–H groups in total. The zero-order valence-electron chi connectivity index (χ0n) is 12.1. The number of aromatic nitrogens is 1. The Morgan fingerprint density at radius 3 is 2.86 bits per heavy atom. The van der Waals surface area contributed by atoms with Crippen LogP contribution in [0.2, 0.25) is 5.02 Å². The molecule has 112 valence electrons. The minimum Gasteiger partial charge on any atom is -0.361 e. The summed E-state index contributed by atoms with van der Waals surface area (Å²) in [5, 5.41) is 4.72. The van der Waals surface area contributed by atoms with Crippen LogP contribution >= 0.6 is 11.6 Å². The molecule has 22 heavy (non-hydrogen) atoms. The number of benzene rings is 2. The van der Waals surface area contributed by atoms with E-state index >= 15 is 0 Å². The van der Waals surface area contributed by atoms with Gasteiger partial charge in [-0.1, -0.05) is 35.9 Å². The Bertz CT molecular complexity index is 794. The predicted octanol–water partition coefficient (Wildman–Crippen LogP) is 4.78. The van der Waals surface area contributed by atoms with Gasteiger partial charge in [0.05, 0.1) is 0 Å². The van der Waals surface area contributed by atoms with Gasteiger partial charge in [-0.05, 0) is 42.7 Å². The molecular weight excluding hydrogens is 296 g/mol. The summed E-state index contributed by atoms with van der Waals surface area (Å²) in [7, 11) is 0. The normalized spacial score (nSPS) is 10.8. The molecule has 0 aliphatic carbocycles. The molecule has 0 atom stereocenters. The molecule has 4 heteroatoms. The molecule has 1 heterocycles. The second kappa shape index (κ2) is 6.67. The lowest BCUT2D eigenvalue weighted by molar-refractivity contribution is -0.116. The minimum absolute atomic E-state index is 0.0158. The Morgan fingerprint density at radius 1 is 1.14 bits per heavy atom. The number of halogens is 1. The van der Waals surface area contributed by atoms with Crippen LogP contribution in [0, 0.1) is 0 Å². The van der Waals surface area contributed by atoms with Crippen LogP contribution in [-0.2, 0) is 11.2 Å². The van der Waals surface area contributed by atoms with E-state index in [1.807, 2.05) is 30.5 Å². The molecule has 0 saturated carbocycles. The number of aromatic amines is 1. The molecular formula is C18H17ClN2O. The Labute approximate surface area is 134 Å². The molecule has 1 amide bonds. The second-order valence-corrected chi connectivity index (χ2v) is 5.71. The summed E-state index contributed by atoms with van der Waals surface area (Å²) < 4.78 is 0. The third-order valence-corrected chi connectivity index (χ3v) is 3.87. The molecule has 0 radical (unpaired) electrons. The van der Waals surface area contributed by atoms with Crippen molar-refractivity contribution >= 4 is 34.1 Å². The van der Waals surface area contributed by atoms with Gasteiger partial charge in [-0.3, -0.25) is 4.79 Å². The van der Waals surface area contributed by atoms with Gasteiger partial charge >= 0.3 is 0 Å². The van der Waals surface area contributed by atoms with Crippen molar-refractivity contribution in [3.8, 4) is 0 Å². The summed E-state index contributed by atoms with van der Waals surface area (Å²) in [5.74, 6) is 0.0158. The largest absolute Gasteiger partial charge is 0.361 e. The lowest BCUT2D eigenvalue weighted by atomic mass is 10.1. The van der Waals surface area contributed by atoms with Crippen LogP contribution in [0.25, 0.3) is 10.9 Å². The zero-order chi connectivity index (χ0) is 15.4. The van der Waals surface area contributed by atoms with Crippen molar-refractivity contribution in [3.05, 3.63) is 65.3 Å². The number of hydrogen-bond donors (Lipinski definition) is 2. The number of aryl methyl sites for hydroxylation is 1. The summed E-state index contributed by atoms with van der Waals surface area (Å²) in [6, 6.07) is 15.4. The van der Waals surface area contributed by atoms with Crippen LogP contribution in [0.3, 0.4) is 0 Å². The van der Waals surface area contributed by atoms with E-state index in [4.69, 9.17) is 11.6 Å². The Kier molecular flexibility index (Phi) is 4.45. The number of amides is 1. The van der Waals surface area contributed by atoms with Crippen LogP contribution < -0.4 is 5.32 Å². The van der Waals surface area contributed by atoms with Crippen molar-refractivity contribution < 1.29 is 4.79 Å². The quantitative estimate of drug-likeness (QED) is 0.699. The molecule has 0 fully saturated rings. The van der Waals surface area contributed by atoms with Crippen LogP contribution in [0.1, 0.15) is 18.4 Å². The Morgan fingerprint density at radius 2 is 2.00 bits per heavy atom. The van der Waals surface area contributed by atoms with Gasteiger partial charge in [0.2, 0.25) is 5.91 Å².